The van der Waals surface area contributed by atoms with E-state index in [0.29, 0.717) is 37.6 Å². The molecule has 1 aromatic heterocycles. The Kier molecular flexibility index (Phi) is 5.56. The lowest BCUT2D eigenvalue weighted by Gasteiger charge is -2.48. The van der Waals surface area contributed by atoms with Gasteiger partial charge in [-0.1, -0.05) is 31.2 Å². The van der Waals surface area contributed by atoms with Crippen LogP contribution in [0.4, 0.5) is 0 Å². The number of carbonyl (C=O) groups excluding carboxylic acids is 1. The maximum absolute atomic E-state index is 13.2. The molecule has 1 saturated heterocycles. The normalized spacial score (nSPS) is 23.7. The number of likely N-dealkylation sites (tertiary alicyclic amines) is 1. The Hall–Kier alpha value is -2.44. The third-order valence-electron chi connectivity index (χ3n) is 6.07. The summed E-state index contributed by atoms with van der Waals surface area (Å²) in [6, 6.07) is 12.0. The molecule has 154 valence electrons. The zero-order valence-electron chi connectivity index (χ0n) is 17.1. The van der Waals surface area contributed by atoms with Gasteiger partial charge in [0.2, 0.25) is 5.88 Å². The molecule has 0 bridgehead atoms. The fourth-order valence-corrected chi connectivity index (χ4v) is 4.32. The number of piperidine rings is 1. The minimum absolute atomic E-state index is 0.131. The van der Waals surface area contributed by atoms with Crippen molar-refractivity contribution in [2.24, 2.45) is 0 Å². The van der Waals surface area contributed by atoms with Gasteiger partial charge in [0, 0.05) is 25.3 Å². The fraction of sp³-hybridized carbons (Fsp3) is 0.478. The van der Waals surface area contributed by atoms with Crippen LogP contribution in [0.25, 0.3) is 0 Å². The van der Waals surface area contributed by atoms with E-state index in [4.69, 9.17) is 4.74 Å². The number of ether oxygens (including phenoxy) is 1. The second kappa shape index (κ2) is 8.13. The highest BCUT2D eigenvalue weighted by molar-refractivity contribution is 5.96. The van der Waals surface area contributed by atoms with E-state index in [9.17, 15) is 9.90 Å². The van der Waals surface area contributed by atoms with Gasteiger partial charge in [-0.2, -0.15) is 0 Å². The Morgan fingerprint density at radius 3 is 2.86 bits per heavy atom. The van der Waals surface area contributed by atoms with Crippen LogP contribution in [0.3, 0.4) is 0 Å². The number of aliphatic hydroxyl groups is 1. The molecular weight excluding hydrogens is 366 g/mol. The van der Waals surface area contributed by atoms with Gasteiger partial charge in [-0.15, -0.1) is 0 Å². The monoisotopic (exact) mass is 395 g/mol. The number of nitrogens with one attached hydrogen (secondary N) is 1. The minimum atomic E-state index is -0.632. The molecule has 6 heteroatoms. The summed E-state index contributed by atoms with van der Waals surface area (Å²) in [6.45, 7) is 6.06. The number of carbonyl (C=O) groups is 1. The van der Waals surface area contributed by atoms with Crippen LogP contribution in [-0.2, 0) is 13.0 Å². The summed E-state index contributed by atoms with van der Waals surface area (Å²) in [4.78, 5) is 19.3. The van der Waals surface area contributed by atoms with Gasteiger partial charge in [-0.25, -0.2) is 4.98 Å². The number of rotatable bonds is 4. The van der Waals surface area contributed by atoms with Gasteiger partial charge in [-0.05, 0) is 49.4 Å². The molecular formula is C23H29N3O3. The summed E-state index contributed by atoms with van der Waals surface area (Å²) >= 11 is 0. The van der Waals surface area contributed by atoms with Gasteiger partial charge in [0.15, 0.2) is 0 Å². The first-order valence-electron chi connectivity index (χ1n) is 10.4. The molecule has 2 N–H and O–H groups in total. The molecule has 3 heterocycles. The Bertz CT molecular complexity index is 901. The molecule has 1 amide bonds. The van der Waals surface area contributed by atoms with Gasteiger partial charge >= 0.3 is 0 Å². The number of hydrogen-bond donors (Lipinski definition) is 2. The number of β-amino-alcohol motifs (C(OH)–C–C–N with tert-alkyl or cyclic N) is 1. The molecule has 0 aliphatic carbocycles. The quantitative estimate of drug-likeness (QED) is 0.832. The van der Waals surface area contributed by atoms with Crippen molar-refractivity contribution >= 4 is 5.91 Å². The average molecular weight is 396 g/mol. The van der Waals surface area contributed by atoms with Crippen LogP contribution in [0.2, 0.25) is 0 Å². The second-order valence-electron chi connectivity index (χ2n) is 8.13. The van der Waals surface area contributed by atoms with E-state index in [1.807, 2.05) is 32.0 Å². The van der Waals surface area contributed by atoms with Crippen molar-refractivity contribution in [2.45, 2.75) is 51.3 Å². The van der Waals surface area contributed by atoms with Crippen LogP contribution < -0.4 is 10.1 Å². The molecule has 29 heavy (non-hydrogen) atoms. The van der Waals surface area contributed by atoms with E-state index in [1.165, 1.54) is 11.1 Å². The first kappa shape index (κ1) is 19.9. The van der Waals surface area contributed by atoms with Crippen molar-refractivity contribution in [2.75, 3.05) is 19.7 Å². The van der Waals surface area contributed by atoms with Crippen molar-refractivity contribution in [1.29, 1.82) is 0 Å². The molecule has 0 saturated carbocycles. The molecule has 4 rings (SSSR count). The van der Waals surface area contributed by atoms with Crippen molar-refractivity contribution in [3.63, 3.8) is 0 Å². The van der Waals surface area contributed by atoms with E-state index >= 15 is 0 Å². The van der Waals surface area contributed by atoms with Gasteiger partial charge in [0.25, 0.3) is 5.91 Å². The summed E-state index contributed by atoms with van der Waals surface area (Å²) in [5.41, 5.74) is 3.47. The van der Waals surface area contributed by atoms with Gasteiger partial charge in [0.1, 0.15) is 5.56 Å². The number of nitrogens with zero attached hydrogens (tertiary/aromatic N) is 2. The number of pyridine rings is 1. The zero-order chi connectivity index (χ0) is 20.4. The van der Waals surface area contributed by atoms with E-state index in [2.05, 4.69) is 22.4 Å². The van der Waals surface area contributed by atoms with E-state index in [-0.39, 0.29) is 11.4 Å². The fourth-order valence-electron chi connectivity index (χ4n) is 4.32. The molecule has 1 spiro atoms. The Labute approximate surface area is 171 Å². The molecule has 6 nitrogen and oxygen atoms in total. The summed E-state index contributed by atoms with van der Waals surface area (Å²) in [6.07, 6.45) is 1.70. The van der Waals surface area contributed by atoms with Crippen molar-refractivity contribution in [3.8, 4) is 5.88 Å². The lowest BCUT2D eigenvalue weighted by molar-refractivity contribution is -0.0139. The van der Waals surface area contributed by atoms with E-state index in [0.717, 1.165) is 25.1 Å². The smallest absolute Gasteiger partial charge is 0.259 e. The third kappa shape index (κ3) is 3.87. The largest absolute Gasteiger partial charge is 0.477 e. The standard InChI is InChI=1S/C23H29N3O3/c1-3-12-29-21-19(9-8-16(2)25-21)22(28)26-11-10-23(20(27)15-26)13-17-6-4-5-7-18(17)14-24-23/h4-9,20,24,27H,3,10-15H2,1-2H3/t20-,23+/m1/s1. The number of benzene rings is 1. The van der Waals surface area contributed by atoms with Gasteiger partial charge in [0.05, 0.1) is 18.2 Å². The van der Waals surface area contributed by atoms with Crippen LogP contribution >= 0.6 is 0 Å². The maximum atomic E-state index is 13.2. The number of aliphatic hydroxyl groups excluding tert-OH is 1. The summed E-state index contributed by atoms with van der Waals surface area (Å²) in [5, 5.41) is 14.6. The summed E-state index contributed by atoms with van der Waals surface area (Å²) in [5.74, 6) is 0.255. The lowest BCUT2D eigenvalue weighted by Crippen LogP contribution is -2.65. The summed E-state index contributed by atoms with van der Waals surface area (Å²) < 4.78 is 5.72. The highest BCUT2D eigenvalue weighted by Crippen LogP contribution is 2.33. The highest BCUT2D eigenvalue weighted by atomic mass is 16.5. The molecule has 0 unspecified atom stereocenters. The molecule has 2 aliphatic rings. The van der Waals surface area contributed by atoms with Crippen molar-refractivity contribution < 1.29 is 14.6 Å². The Balaban J connectivity index is 1.50. The molecule has 1 aromatic carbocycles. The van der Waals surface area contributed by atoms with E-state index in [1.54, 1.807) is 11.0 Å². The molecule has 2 atom stereocenters. The number of hydrogen-bond acceptors (Lipinski definition) is 5. The van der Waals surface area contributed by atoms with Crippen molar-refractivity contribution in [1.82, 2.24) is 15.2 Å². The first-order valence-corrected chi connectivity index (χ1v) is 10.4. The van der Waals surface area contributed by atoms with Crippen LogP contribution in [0.1, 0.15) is 46.9 Å². The lowest BCUT2D eigenvalue weighted by atomic mass is 9.76. The van der Waals surface area contributed by atoms with Gasteiger partial charge < -0.3 is 20.1 Å². The van der Waals surface area contributed by atoms with Crippen molar-refractivity contribution in [3.05, 3.63) is 58.8 Å². The average Bonchev–Trinajstić information content (AvgIpc) is 2.74. The van der Waals surface area contributed by atoms with E-state index < -0.39 is 6.10 Å². The van der Waals surface area contributed by atoms with Crippen LogP contribution in [0.15, 0.2) is 36.4 Å². The predicted molar refractivity (Wildman–Crippen MR) is 111 cm³/mol. The third-order valence-corrected chi connectivity index (χ3v) is 6.07. The zero-order valence-corrected chi connectivity index (χ0v) is 17.1. The molecule has 1 fully saturated rings. The minimum Gasteiger partial charge on any atom is -0.477 e. The van der Waals surface area contributed by atoms with Crippen LogP contribution in [0, 0.1) is 6.92 Å². The predicted octanol–water partition coefficient (Wildman–Crippen LogP) is 2.47. The van der Waals surface area contributed by atoms with Gasteiger partial charge in [-0.3, -0.25) is 4.79 Å². The second-order valence-corrected chi connectivity index (χ2v) is 8.13. The van der Waals surface area contributed by atoms with Crippen LogP contribution in [-0.4, -0.2) is 52.2 Å². The summed E-state index contributed by atoms with van der Waals surface area (Å²) in [7, 11) is 0. The number of aromatic nitrogens is 1. The van der Waals surface area contributed by atoms with Crippen LogP contribution in [0.5, 0.6) is 5.88 Å². The Morgan fingerprint density at radius 2 is 2.10 bits per heavy atom. The highest BCUT2D eigenvalue weighted by Gasteiger charge is 2.45. The topological polar surface area (TPSA) is 74.7 Å². The molecule has 2 aliphatic heterocycles. The molecule has 2 aromatic rings. The number of aryl methyl sites for hydroxylation is 1. The Morgan fingerprint density at radius 1 is 1.31 bits per heavy atom. The first-order chi connectivity index (χ1) is 14.0. The number of amides is 1. The SMILES string of the molecule is CCCOc1nc(C)ccc1C(=O)N1CC[C@]2(Cc3ccccc3CN2)[C@H](O)C1. The number of fused-ring (bicyclic) bond motifs is 1. The molecule has 0 radical (unpaired) electrons. The maximum Gasteiger partial charge on any atom is 0.259 e.